The zero-order valence-corrected chi connectivity index (χ0v) is 11.4. The average molecular weight is 293 g/mol. The zero-order chi connectivity index (χ0) is 12.4. The van der Waals surface area contributed by atoms with Gasteiger partial charge in [0.1, 0.15) is 5.82 Å². The number of carbonyl (C=O) groups is 1. The van der Waals surface area contributed by atoms with Crippen LogP contribution in [0.3, 0.4) is 0 Å². The molecule has 18 heavy (non-hydrogen) atoms. The minimum absolute atomic E-state index is 0. The number of rotatable bonds is 3. The number of hydrogen-bond donors (Lipinski definition) is 2. The summed E-state index contributed by atoms with van der Waals surface area (Å²) in [5.74, 6) is -0.325. The van der Waals surface area contributed by atoms with Gasteiger partial charge >= 0.3 is 0 Å². The van der Waals surface area contributed by atoms with E-state index < -0.39 is 0 Å². The predicted molar refractivity (Wildman–Crippen MR) is 71.6 cm³/mol. The molecule has 1 unspecified atom stereocenters. The molecule has 0 aliphatic carbocycles. The summed E-state index contributed by atoms with van der Waals surface area (Å²) in [5.41, 5.74) is 0.730. The third kappa shape index (κ3) is 3.34. The highest BCUT2D eigenvalue weighted by molar-refractivity contribution is 6.31. The molecule has 1 aromatic carbocycles. The van der Waals surface area contributed by atoms with Crippen molar-refractivity contribution in [2.75, 3.05) is 13.1 Å². The van der Waals surface area contributed by atoms with Crippen LogP contribution in [0, 0.1) is 11.7 Å². The van der Waals surface area contributed by atoms with Crippen LogP contribution in [0.2, 0.25) is 5.02 Å². The van der Waals surface area contributed by atoms with Crippen LogP contribution in [-0.4, -0.2) is 19.0 Å². The van der Waals surface area contributed by atoms with Crippen molar-refractivity contribution in [2.24, 2.45) is 5.92 Å². The van der Waals surface area contributed by atoms with E-state index >= 15 is 0 Å². The van der Waals surface area contributed by atoms with Gasteiger partial charge in [-0.15, -0.1) is 12.4 Å². The highest BCUT2D eigenvalue weighted by Gasteiger charge is 2.26. The molecule has 0 aromatic heterocycles. The maximum Gasteiger partial charge on any atom is 0.226 e. The van der Waals surface area contributed by atoms with Crippen LogP contribution in [-0.2, 0) is 4.79 Å². The van der Waals surface area contributed by atoms with E-state index in [4.69, 9.17) is 11.6 Å². The normalized spacial score (nSPS) is 16.4. The first kappa shape index (κ1) is 15.2. The van der Waals surface area contributed by atoms with Crippen LogP contribution in [0.1, 0.15) is 18.5 Å². The molecular formula is C12H15Cl2FN2O. The largest absolute Gasteiger partial charge is 0.349 e. The molecule has 1 aliphatic rings. The van der Waals surface area contributed by atoms with E-state index in [1.165, 1.54) is 12.1 Å². The van der Waals surface area contributed by atoms with Crippen molar-refractivity contribution in [1.29, 1.82) is 0 Å². The van der Waals surface area contributed by atoms with Crippen molar-refractivity contribution in [3.05, 3.63) is 34.6 Å². The molecule has 1 aliphatic heterocycles. The van der Waals surface area contributed by atoms with E-state index in [2.05, 4.69) is 10.6 Å². The Balaban J connectivity index is 0.00000162. The molecular weight excluding hydrogens is 278 g/mol. The fraction of sp³-hybridized carbons (Fsp3) is 0.417. The molecule has 0 saturated carbocycles. The summed E-state index contributed by atoms with van der Waals surface area (Å²) >= 11 is 5.93. The highest BCUT2D eigenvalue weighted by atomic mass is 35.5. The third-order valence-electron chi connectivity index (χ3n) is 2.94. The van der Waals surface area contributed by atoms with Crippen LogP contribution < -0.4 is 10.6 Å². The van der Waals surface area contributed by atoms with Gasteiger partial charge in [0, 0.05) is 18.1 Å². The number of benzene rings is 1. The van der Waals surface area contributed by atoms with Crippen molar-refractivity contribution >= 4 is 29.9 Å². The van der Waals surface area contributed by atoms with E-state index in [0.29, 0.717) is 5.02 Å². The number of hydrogen-bond acceptors (Lipinski definition) is 2. The lowest BCUT2D eigenvalue weighted by Gasteiger charge is -2.27. The summed E-state index contributed by atoms with van der Waals surface area (Å²) in [6.07, 6.45) is 0. The van der Waals surface area contributed by atoms with E-state index in [1.54, 1.807) is 6.07 Å². The van der Waals surface area contributed by atoms with Gasteiger partial charge in [-0.3, -0.25) is 4.79 Å². The minimum Gasteiger partial charge on any atom is -0.349 e. The summed E-state index contributed by atoms with van der Waals surface area (Å²) < 4.78 is 12.9. The van der Waals surface area contributed by atoms with Gasteiger partial charge < -0.3 is 10.6 Å². The number of carbonyl (C=O) groups excluding carboxylic acids is 1. The van der Waals surface area contributed by atoms with Crippen LogP contribution in [0.5, 0.6) is 0 Å². The van der Waals surface area contributed by atoms with Gasteiger partial charge in [-0.25, -0.2) is 4.39 Å². The number of nitrogens with one attached hydrogen (secondary N) is 2. The fourth-order valence-electron chi connectivity index (χ4n) is 1.74. The van der Waals surface area contributed by atoms with Crippen molar-refractivity contribution in [3.63, 3.8) is 0 Å². The van der Waals surface area contributed by atoms with Crippen LogP contribution >= 0.6 is 24.0 Å². The Bertz CT molecular complexity index is 438. The molecule has 0 bridgehead atoms. The van der Waals surface area contributed by atoms with Crippen molar-refractivity contribution in [2.45, 2.75) is 13.0 Å². The highest BCUT2D eigenvalue weighted by Crippen LogP contribution is 2.24. The topological polar surface area (TPSA) is 41.1 Å². The number of amides is 1. The van der Waals surface area contributed by atoms with Crippen LogP contribution in [0.4, 0.5) is 4.39 Å². The smallest absolute Gasteiger partial charge is 0.226 e. The lowest BCUT2D eigenvalue weighted by molar-refractivity contribution is -0.127. The Kier molecular flexibility index (Phi) is 5.38. The quantitative estimate of drug-likeness (QED) is 0.898. The molecule has 1 aromatic rings. The molecule has 3 nitrogen and oxygen atoms in total. The lowest BCUT2D eigenvalue weighted by atomic mass is 10.0. The fourth-order valence-corrected chi connectivity index (χ4v) is 2.07. The Morgan fingerprint density at radius 1 is 1.56 bits per heavy atom. The van der Waals surface area contributed by atoms with Gasteiger partial charge in [-0.1, -0.05) is 17.7 Å². The van der Waals surface area contributed by atoms with Crippen molar-refractivity contribution in [3.8, 4) is 0 Å². The van der Waals surface area contributed by atoms with E-state index in [9.17, 15) is 9.18 Å². The summed E-state index contributed by atoms with van der Waals surface area (Å²) in [6.45, 7) is 3.27. The van der Waals surface area contributed by atoms with Crippen molar-refractivity contribution < 1.29 is 9.18 Å². The second-order valence-corrected chi connectivity index (χ2v) is 4.66. The third-order valence-corrected chi connectivity index (χ3v) is 3.27. The molecule has 0 spiro atoms. The van der Waals surface area contributed by atoms with Gasteiger partial charge in [0.05, 0.1) is 12.0 Å². The second-order valence-electron chi connectivity index (χ2n) is 4.25. The summed E-state index contributed by atoms with van der Waals surface area (Å²) in [5, 5.41) is 6.25. The van der Waals surface area contributed by atoms with Crippen LogP contribution in [0.15, 0.2) is 18.2 Å². The Hall–Kier alpha value is -0.840. The zero-order valence-electron chi connectivity index (χ0n) is 9.87. The van der Waals surface area contributed by atoms with Gasteiger partial charge in [-0.2, -0.15) is 0 Å². The minimum atomic E-state index is -0.375. The second kappa shape index (κ2) is 6.36. The SMILES string of the molecule is CC(NC(=O)C1CNC1)c1ccc(F)cc1Cl.Cl. The average Bonchev–Trinajstić information content (AvgIpc) is 2.13. The molecule has 1 amide bonds. The number of halogens is 3. The first-order valence-electron chi connectivity index (χ1n) is 5.54. The van der Waals surface area contributed by atoms with Crippen molar-refractivity contribution in [1.82, 2.24) is 10.6 Å². The lowest BCUT2D eigenvalue weighted by Crippen LogP contribution is -2.51. The van der Waals surface area contributed by atoms with Gasteiger partial charge in [0.25, 0.3) is 0 Å². The van der Waals surface area contributed by atoms with Gasteiger partial charge in [0.15, 0.2) is 0 Å². The molecule has 2 rings (SSSR count). The molecule has 1 atom stereocenters. The summed E-state index contributed by atoms with van der Waals surface area (Å²) in [6, 6.07) is 3.98. The first-order chi connectivity index (χ1) is 8.08. The maximum atomic E-state index is 12.9. The standard InChI is InChI=1S/C12H14ClFN2O.ClH/c1-7(16-12(17)8-5-15-6-8)10-3-2-9(14)4-11(10)13;/h2-4,7-8,15H,5-6H2,1H3,(H,16,17);1H. The first-order valence-corrected chi connectivity index (χ1v) is 5.92. The van der Waals surface area contributed by atoms with Gasteiger partial charge in [-0.05, 0) is 24.6 Å². The Labute approximate surface area is 116 Å². The van der Waals surface area contributed by atoms with E-state index in [0.717, 1.165) is 18.7 Å². The molecule has 1 fully saturated rings. The Morgan fingerprint density at radius 3 is 2.72 bits per heavy atom. The predicted octanol–water partition coefficient (Wildman–Crippen LogP) is 2.30. The van der Waals surface area contributed by atoms with E-state index in [1.807, 2.05) is 6.92 Å². The maximum absolute atomic E-state index is 12.9. The molecule has 100 valence electrons. The van der Waals surface area contributed by atoms with E-state index in [-0.39, 0.29) is 36.1 Å². The van der Waals surface area contributed by atoms with Gasteiger partial charge in [0.2, 0.25) is 5.91 Å². The molecule has 0 radical (unpaired) electrons. The molecule has 1 heterocycles. The molecule has 1 saturated heterocycles. The monoisotopic (exact) mass is 292 g/mol. The molecule has 2 N–H and O–H groups in total. The Morgan fingerprint density at radius 2 is 2.22 bits per heavy atom. The molecule has 6 heteroatoms. The summed E-state index contributed by atoms with van der Waals surface area (Å²) in [7, 11) is 0. The summed E-state index contributed by atoms with van der Waals surface area (Å²) in [4.78, 5) is 11.7. The van der Waals surface area contributed by atoms with Crippen LogP contribution in [0.25, 0.3) is 0 Å².